The van der Waals surface area contributed by atoms with E-state index in [0.29, 0.717) is 0 Å². The Balaban J connectivity index is 2.01. The summed E-state index contributed by atoms with van der Waals surface area (Å²) in [6.07, 6.45) is -3.14. The zero-order valence-corrected chi connectivity index (χ0v) is 17.6. The van der Waals surface area contributed by atoms with Gasteiger partial charge in [-0.2, -0.15) is 13.2 Å². The quantitative estimate of drug-likeness (QED) is 0.452. The van der Waals surface area contributed by atoms with Crippen LogP contribution < -0.4 is 9.64 Å². The molecule has 1 aromatic heterocycles. The molecule has 1 N–H and O–H groups in total. The minimum Gasteiger partial charge on any atom is -0.494 e. The third kappa shape index (κ3) is 5.17. The van der Waals surface area contributed by atoms with E-state index in [4.69, 9.17) is 9.84 Å². The maximum atomic E-state index is 14.5. The van der Waals surface area contributed by atoms with Gasteiger partial charge in [-0.05, 0) is 38.5 Å². The van der Waals surface area contributed by atoms with E-state index in [-0.39, 0.29) is 35.8 Å². The average molecular weight is 454 g/mol. The first-order valence-electron chi connectivity index (χ1n) is 9.76. The lowest BCUT2D eigenvalue weighted by Crippen LogP contribution is -2.33. The Hall–Kier alpha value is -3.17. The maximum absolute atomic E-state index is 14.5. The molecule has 1 aliphatic rings. The van der Waals surface area contributed by atoms with Crippen LogP contribution in [0.4, 0.5) is 28.9 Å². The van der Waals surface area contributed by atoms with Gasteiger partial charge in [0.25, 0.3) is 0 Å². The molecule has 0 saturated heterocycles. The molecule has 0 radical (unpaired) electrons. The smallest absolute Gasteiger partial charge is 0.416 e. The van der Waals surface area contributed by atoms with Crippen molar-refractivity contribution in [3.05, 3.63) is 47.8 Å². The summed E-state index contributed by atoms with van der Waals surface area (Å²) in [6.45, 7) is 2.28. The van der Waals surface area contributed by atoms with Gasteiger partial charge < -0.3 is 14.7 Å². The number of ether oxygens (including phenoxy) is 1. The van der Waals surface area contributed by atoms with Crippen molar-refractivity contribution in [2.45, 2.75) is 32.1 Å². The molecule has 10 heteroatoms. The zero-order valence-electron chi connectivity index (χ0n) is 17.6. The standard InChI is InChI=1S/C22H22F4N2O4/c1-21(2,23)11-28(13-6-4-5-12(7-13)22(24,25)26)14-8-17(32-3)18(27-10-14)19(29)15-9-16(15)20(30)31/h4-8,10,15-16H,9,11H2,1-3H3,(H,30,31)/t15-,16-/m0/s1. The number of carbonyl (C=O) groups excluding carboxylic acids is 1. The Morgan fingerprint density at radius 2 is 1.84 bits per heavy atom. The fourth-order valence-electron chi connectivity index (χ4n) is 3.41. The molecule has 0 spiro atoms. The van der Waals surface area contributed by atoms with Gasteiger partial charge in [-0.1, -0.05) is 6.07 Å². The van der Waals surface area contributed by atoms with E-state index in [2.05, 4.69) is 4.98 Å². The van der Waals surface area contributed by atoms with Crippen LogP contribution in [0, 0.1) is 11.8 Å². The van der Waals surface area contributed by atoms with E-state index in [1.165, 1.54) is 50.3 Å². The fraction of sp³-hybridized carbons (Fsp3) is 0.409. The first-order chi connectivity index (χ1) is 14.8. The van der Waals surface area contributed by atoms with Crippen LogP contribution in [0.3, 0.4) is 0 Å². The van der Waals surface area contributed by atoms with E-state index in [9.17, 15) is 27.2 Å². The summed E-state index contributed by atoms with van der Waals surface area (Å²) in [5.74, 6) is -3.01. The number of carboxylic acids is 1. The molecule has 2 aromatic rings. The predicted molar refractivity (Wildman–Crippen MR) is 108 cm³/mol. The summed E-state index contributed by atoms with van der Waals surface area (Å²) in [7, 11) is 1.28. The third-order valence-electron chi connectivity index (χ3n) is 5.07. The minimum absolute atomic E-state index is 0.0252. The Morgan fingerprint density at radius 1 is 1.16 bits per heavy atom. The maximum Gasteiger partial charge on any atom is 0.416 e. The van der Waals surface area contributed by atoms with Crippen molar-refractivity contribution in [1.82, 2.24) is 4.98 Å². The highest BCUT2D eigenvalue weighted by Gasteiger charge is 2.49. The number of hydrogen-bond acceptors (Lipinski definition) is 5. The van der Waals surface area contributed by atoms with Crippen molar-refractivity contribution >= 4 is 23.1 Å². The van der Waals surface area contributed by atoms with E-state index in [0.717, 1.165) is 12.1 Å². The van der Waals surface area contributed by atoms with Crippen LogP contribution in [-0.2, 0) is 11.0 Å². The summed E-state index contributed by atoms with van der Waals surface area (Å²) < 4.78 is 59.4. The summed E-state index contributed by atoms with van der Waals surface area (Å²) in [5, 5.41) is 9.05. The predicted octanol–water partition coefficient (Wildman–Crippen LogP) is 4.90. The third-order valence-corrected chi connectivity index (χ3v) is 5.07. The number of anilines is 2. The van der Waals surface area contributed by atoms with Gasteiger partial charge in [0, 0.05) is 17.7 Å². The largest absolute Gasteiger partial charge is 0.494 e. The highest BCUT2D eigenvalue weighted by Crippen LogP contribution is 2.43. The average Bonchev–Trinajstić information content (AvgIpc) is 3.51. The molecule has 1 aromatic carbocycles. The first-order valence-corrected chi connectivity index (χ1v) is 9.76. The molecular weight excluding hydrogens is 432 g/mol. The monoisotopic (exact) mass is 454 g/mol. The number of aliphatic carboxylic acids is 1. The molecule has 0 aliphatic heterocycles. The number of halogens is 4. The molecule has 0 amide bonds. The number of Topliss-reactive ketones (excluding diaryl/α,β-unsaturated/α-hetero) is 1. The van der Waals surface area contributed by atoms with Gasteiger partial charge in [-0.25, -0.2) is 9.37 Å². The number of pyridine rings is 1. The molecule has 1 aliphatic carbocycles. The SMILES string of the molecule is COc1cc(N(CC(C)(C)F)c2cccc(C(F)(F)F)c2)cnc1C(=O)[C@H]1C[C@@H]1C(=O)O. The zero-order chi connectivity index (χ0) is 23.8. The van der Waals surface area contributed by atoms with Crippen molar-refractivity contribution in [3.63, 3.8) is 0 Å². The van der Waals surface area contributed by atoms with Crippen molar-refractivity contribution < 1.29 is 37.0 Å². The van der Waals surface area contributed by atoms with Crippen LogP contribution in [0.25, 0.3) is 0 Å². The van der Waals surface area contributed by atoms with Crippen LogP contribution in [0.5, 0.6) is 5.75 Å². The van der Waals surface area contributed by atoms with Crippen molar-refractivity contribution in [2.24, 2.45) is 11.8 Å². The molecule has 32 heavy (non-hydrogen) atoms. The number of carbonyl (C=O) groups is 2. The molecule has 1 heterocycles. The number of aromatic nitrogens is 1. The Labute approximate surface area is 181 Å². The molecule has 2 atom stereocenters. The highest BCUT2D eigenvalue weighted by atomic mass is 19.4. The van der Waals surface area contributed by atoms with Crippen LogP contribution in [0.2, 0.25) is 0 Å². The highest BCUT2D eigenvalue weighted by molar-refractivity contribution is 6.03. The minimum atomic E-state index is -4.58. The van der Waals surface area contributed by atoms with Gasteiger partial charge in [0.15, 0.2) is 5.78 Å². The first kappa shape index (κ1) is 23.5. The lowest BCUT2D eigenvalue weighted by atomic mass is 10.1. The van der Waals surface area contributed by atoms with Gasteiger partial charge in [0.2, 0.25) is 0 Å². The second-order valence-corrected chi connectivity index (χ2v) is 8.25. The molecule has 0 unspecified atom stereocenters. The number of hydrogen-bond donors (Lipinski definition) is 1. The van der Waals surface area contributed by atoms with E-state index in [1.807, 2.05) is 0 Å². The van der Waals surface area contributed by atoms with Crippen molar-refractivity contribution in [1.29, 1.82) is 0 Å². The van der Waals surface area contributed by atoms with Gasteiger partial charge in [0.05, 0.1) is 37.0 Å². The fourth-order valence-corrected chi connectivity index (χ4v) is 3.41. The normalized spacial score (nSPS) is 18.2. The number of rotatable bonds is 8. The Kier molecular flexibility index (Phi) is 6.17. The second-order valence-electron chi connectivity index (χ2n) is 8.25. The van der Waals surface area contributed by atoms with Crippen LogP contribution >= 0.6 is 0 Å². The number of alkyl halides is 4. The van der Waals surface area contributed by atoms with E-state index < -0.39 is 41.0 Å². The number of nitrogens with zero attached hydrogens (tertiary/aromatic N) is 2. The summed E-state index contributed by atoms with van der Waals surface area (Å²) in [4.78, 5) is 29.1. The molecular formula is C22H22F4N2O4. The van der Waals surface area contributed by atoms with E-state index >= 15 is 0 Å². The Bertz CT molecular complexity index is 1030. The number of carboxylic acid groups (broad SMARTS) is 1. The summed E-state index contributed by atoms with van der Waals surface area (Å²) in [6, 6.07) is 5.83. The molecule has 6 nitrogen and oxygen atoms in total. The lowest BCUT2D eigenvalue weighted by molar-refractivity contribution is -0.139. The van der Waals surface area contributed by atoms with Gasteiger partial charge >= 0.3 is 12.1 Å². The van der Waals surface area contributed by atoms with Crippen molar-refractivity contribution in [3.8, 4) is 5.75 Å². The van der Waals surface area contributed by atoms with Crippen molar-refractivity contribution in [2.75, 3.05) is 18.6 Å². The number of methoxy groups -OCH3 is 1. The van der Waals surface area contributed by atoms with Crippen LogP contribution in [0.1, 0.15) is 36.3 Å². The Morgan fingerprint density at radius 3 is 2.38 bits per heavy atom. The summed E-state index contributed by atoms with van der Waals surface area (Å²) in [5.41, 5.74) is -2.44. The topological polar surface area (TPSA) is 79.7 Å². The van der Waals surface area contributed by atoms with Gasteiger partial charge in [-0.3, -0.25) is 9.59 Å². The molecule has 1 saturated carbocycles. The molecule has 3 rings (SSSR count). The van der Waals surface area contributed by atoms with Crippen LogP contribution in [0.15, 0.2) is 36.5 Å². The lowest BCUT2D eigenvalue weighted by Gasteiger charge is -2.30. The van der Waals surface area contributed by atoms with Crippen LogP contribution in [-0.4, -0.2) is 41.2 Å². The van der Waals surface area contributed by atoms with E-state index in [1.54, 1.807) is 0 Å². The number of benzene rings is 1. The molecule has 172 valence electrons. The van der Waals surface area contributed by atoms with Gasteiger partial charge in [0.1, 0.15) is 17.1 Å². The van der Waals surface area contributed by atoms with Gasteiger partial charge in [-0.15, -0.1) is 0 Å². The molecule has 0 bridgehead atoms. The molecule has 1 fully saturated rings. The second kappa shape index (κ2) is 8.40. The summed E-state index contributed by atoms with van der Waals surface area (Å²) >= 11 is 0. The number of ketones is 1.